The maximum absolute atomic E-state index is 10.7. The summed E-state index contributed by atoms with van der Waals surface area (Å²) >= 11 is 5.72. The van der Waals surface area contributed by atoms with Crippen molar-refractivity contribution in [3.8, 4) is 0 Å². The molecule has 0 unspecified atom stereocenters. The molecule has 0 aliphatic carbocycles. The Balaban J connectivity index is 2.34. The van der Waals surface area contributed by atoms with Gasteiger partial charge >= 0.3 is 0 Å². The van der Waals surface area contributed by atoms with Crippen LogP contribution >= 0.6 is 11.6 Å². The molecular formula is C13H18ClNO4. The van der Waals surface area contributed by atoms with Gasteiger partial charge in [-0.25, -0.2) is 0 Å². The van der Waals surface area contributed by atoms with Crippen LogP contribution < -0.4 is 0 Å². The van der Waals surface area contributed by atoms with Crippen molar-refractivity contribution in [2.45, 2.75) is 20.5 Å². The Morgan fingerprint density at radius 3 is 2.63 bits per heavy atom. The van der Waals surface area contributed by atoms with Gasteiger partial charge in [0.1, 0.15) is 5.02 Å². The second kappa shape index (κ2) is 8.09. The highest BCUT2D eigenvalue weighted by Crippen LogP contribution is 2.25. The molecule has 0 aliphatic heterocycles. The number of nitrogens with zero attached hydrogens (tertiary/aromatic N) is 1. The molecule has 19 heavy (non-hydrogen) atoms. The van der Waals surface area contributed by atoms with Gasteiger partial charge in [-0.1, -0.05) is 31.5 Å². The summed E-state index contributed by atoms with van der Waals surface area (Å²) in [7, 11) is 0. The normalized spacial score (nSPS) is 10.9. The first-order valence-corrected chi connectivity index (χ1v) is 6.46. The number of hydrogen-bond acceptors (Lipinski definition) is 4. The zero-order valence-corrected chi connectivity index (χ0v) is 11.9. The number of halogens is 1. The van der Waals surface area contributed by atoms with Crippen molar-refractivity contribution in [3.05, 3.63) is 38.9 Å². The minimum absolute atomic E-state index is 0.0983. The van der Waals surface area contributed by atoms with Crippen LogP contribution in [-0.4, -0.2) is 24.7 Å². The summed E-state index contributed by atoms with van der Waals surface area (Å²) in [5.41, 5.74) is 0.624. The zero-order chi connectivity index (χ0) is 14.3. The first-order valence-electron chi connectivity index (χ1n) is 6.09. The van der Waals surface area contributed by atoms with E-state index < -0.39 is 4.92 Å². The van der Waals surface area contributed by atoms with E-state index in [0.29, 0.717) is 32.3 Å². The highest BCUT2D eigenvalue weighted by atomic mass is 35.5. The highest BCUT2D eigenvalue weighted by Gasteiger charge is 2.12. The maximum Gasteiger partial charge on any atom is 0.288 e. The Kier molecular flexibility index (Phi) is 6.77. The summed E-state index contributed by atoms with van der Waals surface area (Å²) in [4.78, 5) is 10.2. The molecule has 1 aromatic carbocycles. The minimum Gasteiger partial charge on any atom is -0.379 e. The van der Waals surface area contributed by atoms with Crippen molar-refractivity contribution in [1.82, 2.24) is 0 Å². The quantitative estimate of drug-likeness (QED) is 0.417. The predicted octanol–water partition coefficient (Wildman–Crippen LogP) is 3.44. The van der Waals surface area contributed by atoms with Gasteiger partial charge in [0.15, 0.2) is 0 Å². The molecule has 6 heteroatoms. The van der Waals surface area contributed by atoms with Crippen LogP contribution in [-0.2, 0) is 16.1 Å². The molecule has 0 saturated heterocycles. The fourth-order valence-corrected chi connectivity index (χ4v) is 1.60. The number of rotatable bonds is 8. The molecule has 0 saturated carbocycles. The Bertz CT molecular complexity index is 423. The van der Waals surface area contributed by atoms with E-state index in [2.05, 4.69) is 13.8 Å². The van der Waals surface area contributed by atoms with Crippen LogP contribution in [0.15, 0.2) is 18.2 Å². The van der Waals surface area contributed by atoms with E-state index in [1.807, 2.05) is 0 Å². The van der Waals surface area contributed by atoms with Crippen LogP contribution in [0.1, 0.15) is 19.4 Å². The van der Waals surface area contributed by atoms with Gasteiger partial charge in [0.05, 0.1) is 24.7 Å². The first kappa shape index (κ1) is 15.9. The van der Waals surface area contributed by atoms with Crippen molar-refractivity contribution < 1.29 is 14.4 Å². The highest BCUT2D eigenvalue weighted by molar-refractivity contribution is 6.32. The van der Waals surface area contributed by atoms with Gasteiger partial charge < -0.3 is 9.47 Å². The van der Waals surface area contributed by atoms with E-state index in [4.69, 9.17) is 21.1 Å². The molecule has 0 spiro atoms. The summed E-state index contributed by atoms with van der Waals surface area (Å²) in [6.45, 7) is 6.15. The fraction of sp³-hybridized carbons (Fsp3) is 0.538. The second-order valence-corrected chi connectivity index (χ2v) is 4.97. The van der Waals surface area contributed by atoms with Crippen LogP contribution in [0.25, 0.3) is 0 Å². The number of hydrogen-bond donors (Lipinski definition) is 0. The number of ether oxygens (including phenoxy) is 2. The van der Waals surface area contributed by atoms with Gasteiger partial charge in [-0.15, -0.1) is 0 Å². The third kappa shape index (κ3) is 6.00. The van der Waals surface area contributed by atoms with Gasteiger partial charge in [0, 0.05) is 12.7 Å². The molecule has 0 aliphatic rings. The van der Waals surface area contributed by atoms with Crippen molar-refractivity contribution in [2.75, 3.05) is 19.8 Å². The molecule has 0 amide bonds. The standard InChI is InChI=1S/C13H18ClNO4/c1-10(2)8-18-5-6-19-9-11-3-4-12(14)13(7-11)15(16)17/h3-4,7,10H,5-6,8-9H2,1-2H3. The summed E-state index contributed by atoms with van der Waals surface area (Å²) in [6, 6.07) is 4.65. The molecule has 1 aromatic rings. The van der Waals surface area contributed by atoms with E-state index in [1.54, 1.807) is 6.07 Å². The van der Waals surface area contributed by atoms with Crippen molar-refractivity contribution in [1.29, 1.82) is 0 Å². The van der Waals surface area contributed by atoms with Crippen LogP contribution in [0.3, 0.4) is 0 Å². The SMILES string of the molecule is CC(C)COCCOCc1ccc(Cl)c([N+](=O)[O-])c1. The van der Waals surface area contributed by atoms with Gasteiger partial charge in [-0.2, -0.15) is 0 Å². The van der Waals surface area contributed by atoms with Crippen LogP contribution in [0.4, 0.5) is 5.69 Å². The maximum atomic E-state index is 10.7. The molecule has 0 atom stereocenters. The first-order chi connectivity index (χ1) is 9.00. The van der Waals surface area contributed by atoms with Crippen molar-refractivity contribution in [2.24, 2.45) is 5.92 Å². The average Bonchev–Trinajstić information content (AvgIpc) is 2.34. The molecule has 106 valence electrons. The Morgan fingerprint density at radius 2 is 2.00 bits per heavy atom. The smallest absolute Gasteiger partial charge is 0.288 e. The summed E-state index contributed by atoms with van der Waals surface area (Å²) in [5, 5.41) is 10.8. The van der Waals surface area contributed by atoms with E-state index in [1.165, 1.54) is 12.1 Å². The molecule has 5 nitrogen and oxygen atoms in total. The lowest BCUT2D eigenvalue weighted by atomic mass is 10.2. The lowest BCUT2D eigenvalue weighted by Crippen LogP contribution is -2.08. The van der Waals surface area contributed by atoms with Gasteiger partial charge in [-0.05, 0) is 17.5 Å². The molecule has 0 fully saturated rings. The molecule has 0 bridgehead atoms. The van der Waals surface area contributed by atoms with Gasteiger partial charge in [0.2, 0.25) is 0 Å². The predicted molar refractivity (Wildman–Crippen MR) is 73.4 cm³/mol. The van der Waals surface area contributed by atoms with E-state index in [-0.39, 0.29) is 10.7 Å². The average molecular weight is 288 g/mol. The number of benzene rings is 1. The lowest BCUT2D eigenvalue weighted by molar-refractivity contribution is -0.384. The third-order valence-electron chi connectivity index (χ3n) is 2.30. The van der Waals surface area contributed by atoms with Crippen LogP contribution in [0.5, 0.6) is 0 Å². The molecule has 1 rings (SSSR count). The van der Waals surface area contributed by atoms with Crippen LogP contribution in [0, 0.1) is 16.0 Å². The third-order valence-corrected chi connectivity index (χ3v) is 2.62. The number of nitro groups is 1. The summed E-state index contributed by atoms with van der Waals surface area (Å²) in [5.74, 6) is 0.499. The van der Waals surface area contributed by atoms with Crippen molar-refractivity contribution in [3.63, 3.8) is 0 Å². The topological polar surface area (TPSA) is 61.6 Å². The Hall–Kier alpha value is -1.17. The molecule has 0 aromatic heterocycles. The zero-order valence-electron chi connectivity index (χ0n) is 11.1. The van der Waals surface area contributed by atoms with Gasteiger partial charge in [0.25, 0.3) is 5.69 Å². The minimum atomic E-state index is -0.502. The van der Waals surface area contributed by atoms with Crippen molar-refractivity contribution >= 4 is 17.3 Å². The summed E-state index contributed by atoms with van der Waals surface area (Å²) < 4.78 is 10.7. The fourth-order valence-electron chi connectivity index (χ4n) is 1.41. The van der Waals surface area contributed by atoms with E-state index >= 15 is 0 Å². The molecule has 0 radical (unpaired) electrons. The lowest BCUT2D eigenvalue weighted by Gasteiger charge is -2.07. The van der Waals surface area contributed by atoms with E-state index in [0.717, 1.165) is 5.56 Å². The largest absolute Gasteiger partial charge is 0.379 e. The number of nitro benzene ring substituents is 1. The monoisotopic (exact) mass is 287 g/mol. The molecular weight excluding hydrogens is 270 g/mol. The Labute approximate surface area is 117 Å². The van der Waals surface area contributed by atoms with E-state index in [9.17, 15) is 10.1 Å². The van der Waals surface area contributed by atoms with Gasteiger partial charge in [-0.3, -0.25) is 10.1 Å². The Morgan fingerprint density at radius 1 is 1.32 bits per heavy atom. The summed E-state index contributed by atoms with van der Waals surface area (Å²) in [6.07, 6.45) is 0. The second-order valence-electron chi connectivity index (χ2n) is 4.56. The van der Waals surface area contributed by atoms with Crippen LogP contribution in [0.2, 0.25) is 5.02 Å². The molecule has 0 N–H and O–H groups in total. The molecule has 0 heterocycles.